The number of allylic oxidation sites excluding steroid dienone is 1. The molecule has 0 unspecified atom stereocenters. The van der Waals surface area contributed by atoms with E-state index in [1.807, 2.05) is 6.07 Å². The summed E-state index contributed by atoms with van der Waals surface area (Å²) >= 11 is 0. The Kier molecular flexibility index (Phi) is 10.7. The van der Waals surface area contributed by atoms with E-state index in [1.165, 1.54) is 16.8 Å². The first-order valence-electron chi connectivity index (χ1n) is 11.4. The molecular weight excluding hydrogens is 362 g/mol. The van der Waals surface area contributed by atoms with Crippen LogP contribution in [0.5, 0.6) is 0 Å². The van der Waals surface area contributed by atoms with Gasteiger partial charge in [-0.1, -0.05) is 117 Å². The van der Waals surface area contributed by atoms with Gasteiger partial charge in [0, 0.05) is 11.9 Å². The van der Waals surface area contributed by atoms with Crippen LogP contribution in [-0.2, 0) is 0 Å². The van der Waals surface area contributed by atoms with E-state index in [0.29, 0.717) is 11.8 Å². The smallest absolute Gasteiger partial charge is 0.0524 e. The normalized spacial score (nSPS) is 11.4. The van der Waals surface area contributed by atoms with Crippen molar-refractivity contribution in [2.24, 2.45) is 11.8 Å². The predicted molar refractivity (Wildman–Crippen MR) is 137 cm³/mol. The van der Waals surface area contributed by atoms with Crippen LogP contribution in [0.3, 0.4) is 0 Å². The Morgan fingerprint density at radius 2 is 1.20 bits per heavy atom. The summed E-state index contributed by atoms with van der Waals surface area (Å²) < 4.78 is 0. The molecule has 0 spiro atoms. The summed E-state index contributed by atoms with van der Waals surface area (Å²) in [6, 6.07) is 17.0. The number of benzene rings is 2. The second-order valence-electron chi connectivity index (χ2n) is 9.25. The van der Waals surface area contributed by atoms with Crippen LogP contribution in [0.15, 0.2) is 67.4 Å². The molecule has 2 aromatic carbocycles. The first-order chi connectivity index (χ1) is 14.1. The fourth-order valence-corrected chi connectivity index (χ4v) is 3.01. The van der Waals surface area contributed by atoms with Crippen LogP contribution in [0, 0.1) is 11.8 Å². The molecule has 30 heavy (non-hydrogen) atoms. The van der Waals surface area contributed by atoms with Gasteiger partial charge < -0.3 is 4.90 Å². The molecule has 1 heteroatoms. The van der Waals surface area contributed by atoms with Crippen LogP contribution in [0.2, 0.25) is 0 Å². The van der Waals surface area contributed by atoms with Gasteiger partial charge in [0.1, 0.15) is 0 Å². The van der Waals surface area contributed by atoms with Gasteiger partial charge in [-0.05, 0) is 47.3 Å². The molecule has 2 aromatic rings. The third-order valence-corrected chi connectivity index (χ3v) is 5.61. The van der Waals surface area contributed by atoms with E-state index in [4.69, 9.17) is 0 Å². The molecule has 164 valence electrons. The highest BCUT2D eigenvalue weighted by atomic mass is 15.1. The van der Waals surface area contributed by atoms with Gasteiger partial charge >= 0.3 is 0 Å². The molecule has 0 aliphatic rings. The summed E-state index contributed by atoms with van der Waals surface area (Å²) in [6.07, 6.45) is 4.21. The van der Waals surface area contributed by atoms with Gasteiger partial charge in [0.25, 0.3) is 0 Å². The zero-order valence-corrected chi connectivity index (χ0v) is 20.7. The maximum atomic E-state index is 4.40. The first-order valence-corrected chi connectivity index (χ1v) is 11.4. The van der Waals surface area contributed by atoms with Crippen molar-refractivity contribution in [1.82, 2.24) is 0 Å². The van der Waals surface area contributed by atoms with Crippen molar-refractivity contribution in [1.29, 1.82) is 0 Å². The van der Waals surface area contributed by atoms with Crippen LogP contribution in [0.25, 0.3) is 5.70 Å². The molecule has 0 aliphatic heterocycles. The van der Waals surface area contributed by atoms with E-state index in [9.17, 15) is 0 Å². The van der Waals surface area contributed by atoms with Crippen LogP contribution in [0.1, 0.15) is 90.8 Å². The summed E-state index contributed by atoms with van der Waals surface area (Å²) in [4.78, 5) is 2.25. The van der Waals surface area contributed by atoms with Crippen LogP contribution >= 0.6 is 0 Å². The number of nitrogens with zero attached hydrogens (tertiary/aromatic N) is 1. The summed E-state index contributed by atoms with van der Waals surface area (Å²) in [7, 11) is 0. The van der Waals surface area contributed by atoms with Gasteiger partial charge in [0.15, 0.2) is 0 Å². The lowest BCUT2D eigenvalue weighted by atomic mass is 9.91. The highest BCUT2D eigenvalue weighted by Crippen LogP contribution is 2.38. The molecule has 1 nitrogen and oxygen atoms in total. The Labute approximate surface area is 186 Å². The van der Waals surface area contributed by atoms with Gasteiger partial charge in [0.2, 0.25) is 0 Å². The second kappa shape index (κ2) is 12.4. The zero-order chi connectivity index (χ0) is 22.8. The van der Waals surface area contributed by atoms with Crippen LogP contribution < -0.4 is 4.90 Å². The monoisotopic (exact) mass is 405 g/mol. The fourth-order valence-electron chi connectivity index (χ4n) is 3.01. The number of rotatable bonds is 7. The Bertz CT molecular complexity index is 762. The maximum absolute atomic E-state index is 4.40. The van der Waals surface area contributed by atoms with Gasteiger partial charge in [0.05, 0.1) is 5.69 Å². The molecular formula is C29H43N. The van der Waals surface area contributed by atoms with E-state index in [0.717, 1.165) is 23.1 Å². The fraction of sp³-hybridized carbons (Fsp3) is 0.448. The molecule has 0 N–H and O–H groups in total. The molecule has 0 amide bonds. The predicted octanol–water partition coefficient (Wildman–Crippen LogP) is 9.24. The number of anilines is 1. The molecule has 0 saturated carbocycles. The Balaban J connectivity index is 0.000000656. The lowest BCUT2D eigenvalue weighted by Gasteiger charge is -2.30. The first kappa shape index (κ1) is 25.8. The minimum Gasteiger partial charge on any atom is -0.317 e. The van der Waals surface area contributed by atoms with Gasteiger partial charge in [-0.15, -0.1) is 0 Å². The van der Waals surface area contributed by atoms with Gasteiger partial charge in [-0.2, -0.15) is 0 Å². The molecule has 0 fully saturated rings. The van der Waals surface area contributed by atoms with Crippen molar-refractivity contribution < 1.29 is 0 Å². The Hall–Kier alpha value is -2.28. The summed E-state index contributed by atoms with van der Waals surface area (Å²) in [5.74, 6) is 2.61. The van der Waals surface area contributed by atoms with Crippen molar-refractivity contribution in [3.05, 3.63) is 84.1 Å². The van der Waals surface area contributed by atoms with E-state index >= 15 is 0 Å². The summed E-state index contributed by atoms with van der Waals surface area (Å²) in [6.45, 7) is 24.4. The minimum absolute atomic E-state index is 0.454. The van der Waals surface area contributed by atoms with E-state index < -0.39 is 0 Å². The van der Waals surface area contributed by atoms with E-state index in [-0.39, 0.29) is 0 Å². The quantitative estimate of drug-likeness (QED) is 0.443. The molecule has 0 aromatic heterocycles. The largest absolute Gasteiger partial charge is 0.317 e. The highest BCUT2D eigenvalue weighted by Gasteiger charge is 2.20. The van der Waals surface area contributed by atoms with Crippen molar-refractivity contribution in [2.75, 3.05) is 4.90 Å². The van der Waals surface area contributed by atoms with E-state index in [1.54, 1.807) is 0 Å². The van der Waals surface area contributed by atoms with Gasteiger partial charge in [-0.3, -0.25) is 0 Å². The second-order valence-corrected chi connectivity index (χ2v) is 9.25. The molecule has 0 saturated heterocycles. The Morgan fingerprint density at radius 3 is 1.57 bits per heavy atom. The standard InChI is InChI=1S/C23H29N.C6H14/c1-7-16-24(19(6)20-12-9-8-10-13-20)23-21(17(2)3)14-11-15-22(23)18(4)5;1-5(2)6(3)4/h7-18H,6H2,1-5H3;5-6H,1-4H3/b16-7-;. The summed E-state index contributed by atoms with van der Waals surface area (Å²) in [5.41, 5.74) is 6.13. The average molecular weight is 406 g/mol. The minimum atomic E-state index is 0.454. The third kappa shape index (κ3) is 7.20. The molecule has 0 radical (unpaired) electrons. The zero-order valence-electron chi connectivity index (χ0n) is 20.7. The third-order valence-electron chi connectivity index (χ3n) is 5.61. The van der Waals surface area contributed by atoms with Crippen molar-refractivity contribution in [3.8, 4) is 0 Å². The molecule has 0 bridgehead atoms. The maximum Gasteiger partial charge on any atom is 0.0524 e. The highest BCUT2D eigenvalue weighted by molar-refractivity contribution is 5.83. The van der Waals surface area contributed by atoms with Crippen LogP contribution in [0.4, 0.5) is 5.69 Å². The van der Waals surface area contributed by atoms with Crippen molar-refractivity contribution in [3.63, 3.8) is 0 Å². The van der Waals surface area contributed by atoms with E-state index in [2.05, 4.69) is 129 Å². The summed E-state index contributed by atoms with van der Waals surface area (Å²) in [5, 5.41) is 0. The van der Waals surface area contributed by atoms with Crippen molar-refractivity contribution in [2.45, 2.75) is 74.1 Å². The molecule has 0 heterocycles. The topological polar surface area (TPSA) is 3.24 Å². The molecule has 0 atom stereocenters. The lowest BCUT2D eigenvalue weighted by molar-refractivity contribution is 0.457. The molecule has 0 aliphatic carbocycles. The average Bonchev–Trinajstić information content (AvgIpc) is 2.72. The Morgan fingerprint density at radius 1 is 0.733 bits per heavy atom. The van der Waals surface area contributed by atoms with Crippen LogP contribution in [-0.4, -0.2) is 0 Å². The number of para-hydroxylation sites is 1. The SMILES string of the molecule is C=C(c1ccccc1)N(/C=C\C)c1c(C(C)C)cccc1C(C)C.CC(C)C(C)C. The number of hydrogen-bond donors (Lipinski definition) is 0. The van der Waals surface area contributed by atoms with Crippen molar-refractivity contribution >= 4 is 11.4 Å². The van der Waals surface area contributed by atoms with Gasteiger partial charge in [-0.25, -0.2) is 0 Å². The lowest BCUT2D eigenvalue weighted by Crippen LogP contribution is -2.18. The molecule has 2 rings (SSSR count). The number of hydrogen-bond acceptors (Lipinski definition) is 1.